The average Bonchev–Trinajstić information content (AvgIpc) is 3.26. The van der Waals surface area contributed by atoms with Crippen LogP contribution in [-0.4, -0.2) is 18.6 Å². The quantitative estimate of drug-likeness (QED) is 0.493. The molecule has 2 aliphatic carbocycles. The molecule has 1 nitrogen and oxygen atoms in total. The van der Waals surface area contributed by atoms with Gasteiger partial charge in [0.2, 0.25) is 0 Å². The van der Waals surface area contributed by atoms with Crippen LogP contribution in [0.25, 0.3) is 11.1 Å². The average molecular weight is 537 g/mol. The fraction of sp³-hybridized carbons (Fsp3) is 0.320. The van der Waals surface area contributed by atoms with Gasteiger partial charge in [-0.3, -0.25) is 0 Å². The van der Waals surface area contributed by atoms with E-state index in [0.717, 1.165) is 19.4 Å². The number of allylic oxidation sites excluding steroid dienone is 3. The summed E-state index contributed by atoms with van der Waals surface area (Å²) in [7, 11) is -1.42. The van der Waals surface area contributed by atoms with Gasteiger partial charge in [0.1, 0.15) is 0 Å². The van der Waals surface area contributed by atoms with Gasteiger partial charge < -0.3 is 24.8 Å². The molecular formula is C25H30Cl2OSiZr. The second-order valence-electron chi connectivity index (χ2n) is 8.72. The van der Waals surface area contributed by atoms with Crippen molar-refractivity contribution >= 4 is 12.0 Å². The van der Waals surface area contributed by atoms with Crippen LogP contribution in [-0.2, 0) is 25.7 Å². The molecule has 0 aliphatic heterocycles. The zero-order valence-corrected chi connectivity index (χ0v) is 23.2. The first kappa shape index (κ1) is 25.7. The summed E-state index contributed by atoms with van der Waals surface area (Å²) in [6.45, 7) is 9.98. The van der Waals surface area contributed by atoms with Crippen molar-refractivity contribution in [1.82, 2.24) is 0 Å². The van der Waals surface area contributed by atoms with Crippen LogP contribution in [0.3, 0.4) is 0 Å². The Morgan fingerprint density at radius 1 is 0.967 bits per heavy atom. The summed E-state index contributed by atoms with van der Waals surface area (Å²) in [6, 6.07) is 18.2. The molecule has 0 N–H and O–H groups in total. The van der Waals surface area contributed by atoms with Crippen molar-refractivity contribution in [3.8, 4) is 11.1 Å². The molecule has 0 saturated carbocycles. The van der Waals surface area contributed by atoms with Gasteiger partial charge in [-0.15, -0.1) is 0 Å². The number of benzene rings is 2. The summed E-state index contributed by atoms with van der Waals surface area (Å²) in [5.41, 5.74) is 7.53. The van der Waals surface area contributed by atoms with Gasteiger partial charge in [0.15, 0.2) is 0 Å². The molecule has 2 aromatic carbocycles. The van der Waals surface area contributed by atoms with Gasteiger partial charge in [0.05, 0.1) is 0 Å². The molecule has 158 valence electrons. The Bertz CT molecular complexity index is 943. The molecule has 0 spiro atoms. The molecule has 0 fully saturated rings. The summed E-state index contributed by atoms with van der Waals surface area (Å²) in [5, 5.41) is 0. The van der Waals surface area contributed by atoms with Crippen molar-refractivity contribution < 1.29 is 50.5 Å². The van der Waals surface area contributed by atoms with Gasteiger partial charge in [0, 0.05) is 0 Å². The minimum Gasteiger partial charge on any atom is -1.00 e. The van der Waals surface area contributed by atoms with E-state index in [2.05, 4.69) is 91.0 Å². The maximum Gasteiger partial charge on any atom is -1.00 e. The van der Waals surface area contributed by atoms with E-state index in [4.69, 9.17) is 4.43 Å². The Kier molecular flexibility index (Phi) is 9.28. The number of halogens is 2. The van der Waals surface area contributed by atoms with Gasteiger partial charge in [-0.2, -0.15) is 0 Å². The third-order valence-electron chi connectivity index (χ3n) is 5.70. The summed E-state index contributed by atoms with van der Waals surface area (Å²) in [5.74, 6) is 0. The predicted octanol–water partition coefficient (Wildman–Crippen LogP) is 0.660. The van der Waals surface area contributed by atoms with Gasteiger partial charge in [-0.1, -0.05) is 0 Å². The number of hydrogen-bond acceptors (Lipinski definition) is 1. The third kappa shape index (κ3) is 5.43. The summed E-state index contributed by atoms with van der Waals surface area (Å²) >= 11 is -1.95. The fourth-order valence-corrected chi connectivity index (χ4v) is 12.4. The Labute approximate surface area is 202 Å². The van der Waals surface area contributed by atoms with Crippen LogP contribution in [0.15, 0.2) is 69.5 Å². The van der Waals surface area contributed by atoms with Gasteiger partial charge in [-0.05, 0) is 0 Å². The van der Waals surface area contributed by atoms with E-state index >= 15 is 0 Å². The first-order valence-corrected chi connectivity index (χ1v) is 17.8. The normalized spacial score (nSPS) is 14.9. The van der Waals surface area contributed by atoms with Crippen molar-refractivity contribution in [1.29, 1.82) is 0 Å². The van der Waals surface area contributed by atoms with Crippen LogP contribution in [0.2, 0.25) is 19.6 Å². The molecule has 5 heteroatoms. The van der Waals surface area contributed by atoms with E-state index in [-0.39, 0.29) is 24.8 Å². The zero-order valence-electron chi connectivity index (χ0n) is 18.2. The number of hydrogen-bond donors (Lipinski definition) is 0. The second-order valence-corrected chi connectivity index (χ2v) is 19.9. The van der Waals surface area contributed by atoms with Crippen molar-refractivity contribution in [3.63, 3.8) is 0 Å². The molecule has 2 aliphatic rings. The van der Waals surface area contributed by atoms with Gasteiger partial charge >= 0.3 is 179 Å². The van der Waals surface area contributed by atoms with Crippen LogP contribution < -0.4 is 24.8 Å². The molecule has 0 heterocycles. The maximum absolute atomic E-state index is 6.08. The summed E-state index contributed by atoms with van der Waals surface area (Å²) in [4.78, 5) is 0. The van der Waals surface area contributed by atoms with Crippen LogP contribution in [0.5, 0.6) is 0 Å². The van der Waals surface area contributed by atoms with Crippen molar-refractivity contribution in [3.05, 3.63) is 80.7 Å². The molecule has 0 atom stereocenters. The van der Waals surface area contributed by atoms with Crippen molar-refractivity contribution in [2.24, 2.45) is 0 Å². The molecule has 4 rings (SSSR count). The molecule has 0 aromatic heterocycles. The largest absolute Gasteiger partial charge is 1.00 e. The molecule has 30 heavy (non-hydrogen) atoms. The van der Waals surface area contributed by atoms with Gasteiger partial charge in [-0.25, -0.2) is 0 Å². The first-order valence-electron chi connectivity index (χ1n) is 10.4. The zero-order chi connectivity index (χ0) is 19.7. The Morgan fingerprint density at radius 3 is 2.07 bits per heavy atom. The minimum absolute atomic E-state index is 0. The second kappa shape index (κ2) is 10.8. The topological polar surface area (TPSA) is 9.23 Å². The monoisotopic (exact) mass is 534 g/mol. The Morgan fingerprint density at radius 2 is 1.53 bits per heavy atom. The fourth-order valence-electron chi connectivity index (χ4n) is 4.46. The summed E-state index contributed by atoms with van der Waals surface area (Å²) < 4.78 is 11.0. The van der Waals surface area contributed by atoms with E-state index in [9.17, 15) is 0 Å². The maximum atomic E-state index is 6.08. The predicted molar refractivity (Wildman–Crippen MR) is 120 cm³/mol. The van der Waals surface area contributed by atoms with E-state index < -0.39 is 29.6 Å². The minimum atomic E-state index is -1.95. The molecule has 0 amide bonds. The Balaban J connectivity index is 0.00000160. The molecule has 0 saturated heterocycles. The first-order chi connectivity index (χ1) is 13.5. The van der Waals surface area contributed by atoms with E-state index in [1.807, 2.05) is 0 Å². The van der Waals surface area contributed by atoms with Crippen molar-refractivity contribution in [2.45, 2.75) is 43.0 Å². The van der Waals surface area contributed by atoms with Crippen LogP contribution in [0.4, 0.5) is 0 Å². The van der Waals surface area contributed by atoms with E-state index in [1.165, 1.54) is 16.7 Å². The standard InChI is InChI=1S/C13H9.C10H17OSi.C2H4.2ClH.Zr/c1-3-7-12-10(5-1)9-11-6-2-4-8-13(11)12;1-12(2,3)11-9-8-10-6-4-5-7-10;1-2;;;/h1-9H;6-7H,4,8-9H2,1-3H3;1H,2H3;2*1H;/q;;;;;+2/p-2. The van der Waals surface area contributed by atoms with Crippen LogP contribution >= 0.6 is 0 Å². The molecule has 0 bridgehead atoms. The third-order valence-corrected chi connectivity index (χ3v) is 14.0. The number of fused-ring (bicyclic) bond motifs is 3. The van der Waals surface area contributed by atoms with Crippen molar-refractivity contribution in [2.75, 3.05) is 6.61 Å². The molecule has 2 aromatic rings. The summed E-state index contributed by atoms with van der Waals surface area (Å²) in [6.07, 6.45) is 7.21. The van der Waals surface area contributed by atoms with E-state index in [1.54, 1.807) is 14.4 Å². The SMILES string of the molecule is C[CH]=[Zr+2]([C]1=CC(CCO[Si](C)(C)C)=CC1)[CH]1c2ccccc2-c2ccccc21.[Cl-].[Cl-]. The Hall–Kier alpha value is -0.570. The smallest absolute Gasteiger partial charge is 1.00 e. The van der Waals surface area contributed by atoms with Gasteiger partial charge in [0.25, 0.3) is 0 Å². The number of rotatable bonds is 6. The molecule has 0 radical (unpaired) electrons. The molecular weight excluding hydrogens is 506 g/mol. The van der Waals surface area contributed by atoms with Crippen LogP contribution in [0, 0.1) is 0 Å². The van der Waals surface area contributed by atoms with Crippen LogP contribution in [0.1, 0.15) is 34.5 Å². The van der Waals surface area contributed by atoms with E-state index in [0.29, 0.717) is 3.63 Å². The molecule has 0 unspecified atom stereocenters.